The molecular weight excluding hydrogens is 308 g/mol. The van der Waals surface area contributed by atoms with E-state index in [-0.39, 0.29) is 16.0 Å². The van der Waals surface area contributed by atoms with Gasteiger partial charge < -0.3 is 0 Å². The predicted octanol–water partition coefficient (Wildman–Crippen LogP) is 2.91. The molecule has 1 aromatic carbocycles. The number of nitrogens with zero attached hydrogens (tertiary/aromatic N) is 2. The number of halogens is 1. The SMILES string of the molecule is O=S(=O)(c1ccnc(Cl)c1)N1CCC(c2ccccc2)C1. The van der Waals surface area contributed by atoms with Crippen LogP contribution in [0, 0.1) is 0 Å². The summed E-state index contributed by atoms with van der Waals surface area (Å²) in [5.74, 6) is 0.248. The maximum absolute atomic E-state index is 12.6. The van der Waals surface area contributed by atoms with Gasteiger partial charge in [-0.15, -0.1) is 0 Å². The van der Waals surface area contributed by atoms with Crippen molar-refractivity contribution in [2.24, 2.45) is 0 Å². The van der Waals surface area contributed by atoms with Crippen LogP contribution in [-0.2, 0) is 10.0 Å². The number of benzene rings is 1. The Hall–Kier alpha value is -1.43. The van der Waals surface area contributed by atoms with E-state index in [9.17, 15) is 8.42 Å². The lowest BCUT2D eigenvalue weighted by Crippen LogP contribution is -2.28. The average Bonchev–Trinajstić information content (AvgIpc) is 2.99. The number of aromatic nitrogens is 1. The lowest BCUT2D eigenvalue weighted by molar-refractivity contribution is 0.473. The van der Waals surface area contributed by atoms with Crippen molar-refractivity contribution in [2.75, 3.05) is 13.1 Å². The summed E-state index contributed by atoms with van der Waals surface area (Å²) in [4.78, 5) is 4.03. The molecule has 1 aliphatic rings. The van der Waals surface area contributed by atoms with Gasteiger partial charge in [-0.05, 0) is 30.0 Å². The predicted molar refractivity (Wildman–Crippen MR) is 81.8 cm³/mol. The summed E-state index contributed by atoms with van der Waals surface area (Å²) in [6.07, 6.45) is 2.25. The first-order valence-corrected chi connectivity index (χ1v) is 8.56. The van der Waals surface area contributed by atoms with Gasteiger partial charge in [-0.25, -0.2) is 13.4 Å². The highest BCUT2D eigenvalue weighted by atomic mass is 35.5. The Kier molecular flexibility index (Phi) is 3.97. The van der Waals surface area contributed by atoms with Gasteiger partial charge in [0.25, 0.3) is 0 Å². The molecule has 21 heavy (non-hydrogen) atoms. The maximum Gasteiger partial charge on any atom is 0.243 e. The van der Waals surface area contributed by atoms with Crippen LogP contribution in [0.5, 0.6) is 0 Å². The van der Waals surface area contributed by atoms with E-state index in [2.05, 4.69) is 4.98 Å². The van der Waals surface area contributed by atoms with E-state index < -0.39 is 10.0 Å². The van der Waals surface area contributed by atoms with Crippen LogP contribution in [0.1, 0.15) is 17.9 Å². The second kappa shape index (κ2) is 5.75. The average molecular weight is 323 g/mol. The molecule has 2 heterocycles. The highest BCUT2D eigenvalue weighted by Crippen LogP contribution is 2.31. The van der Waals surface area contributed by atoms with Gasteiger partial charge in [0.15, 0.2) is 0 Å². The molecule has 1 unspecified atom stereocenters. The van der Waals surface area contributed by atoms with Crippen LogP contribution in [-0.4, -0.2) is 30.8 Å². The second-order valence-corrected chi connectivity index (χ2v) is 7.40. The van der Waals surface area contributed by atoms with Gasteiger partial charge in [0.1, 0.15) is 5.15 Å². The fourth-order valence-corrected chi connectivity index (χ4v) is 4.39. The number of sulfonamides is 1. The van der Waals surface area contributed by atoms with Crippen molar-refractivity contribution in [3.63, 3.8) is 0 Å². The standard InChI is InChI=1S/C15H15ClN2O2S/c16-15-10-14(6-8-17-15)21(19,20)18-9-7-13(11-18)12-4-2-1-3-5-12/h1-6,8,10,13H,7,9,11H2. The van der Waals surface area contributed by atoms with Crippen molar-refractivity contribution in [2.45, 2.75) is 17.2 Å². The van der Waals surface area contributed by atoms with Crippen LogP contribution in [0.4, 0.5) is 0 Å². The first kappa shape index (κ1) is 14.5. The monoisotopic (exact) mass is 322 g/mol. The molecular formula is C15H15ClN2O2S. The van der Waals surface area contributed by atoms with E-state index in [0.717, 1.165) is 6.42 Å². The number of pyridine rings is 1. The molecule has 0 radical (unpaired) electrons. The summed E-state index contributed by atoms with van der Waals surface area (Å²) < 4.78 is 26.7. The quantitative estimate of drug-likeness (QED) is 0.816. The van der Waals surface area contributed by atoms with E-state index in [4.69, 9.17) is 11.6 Å². The molecule has 0 aliphatic carbocycles. The Morgan fingerprint density at radius 3 is 2.67 bits per heavy atom. The molecule has 1 fully saturated rings. The molecule has 1 aromatic heterocycles. The van der Waals surface area contributed by atoms with Gasteiger partial charge in [0, 0.05) is 19.3 Å². The van der Waals surface area contributed by atoms with Crippen molar-refractivity contribution in [1.82, 2.24) is 9.29 Å². The van der Waals surface area contributed by atoms with Gasteiger partial charge in [0.05, 0.1) is 4.90 Å². The highest BCUT2D eigenvalue weighted by molar-refractivity contribution is 7.89. The molecule has 3 rings (SSSR count). The first-order valence-electron chi connectivity index (χ1n) is 6.74. The Balaban J connectivity index is 1.83. The van der Waals surface area contributed by atoms with Crippen molar-refractivity contribution in [3.8, 4) is 0 Å². The molecule has 0 spiro atoms. The summed E-state index contributed by atoms with van der Waals surface area (Å²) in [6, 6.07) is 12.9. The number of hydrogen-bond acceptors (Lipinski definition) is 3. The largest absolute Gasteiger partial charge is 0.244 e. The van der Waals surface area contributed by atoms with Crippen LogP contribution in [0.2, 0.25) is 5.15 Å². The Morgan fingerprint density at radius 2 is 1.95 bits per heavy atom. The molecule has 1 atom stereocenters. The lowest BCUT2D eigenvalue weighted by Gasteiger charge is -2.16. The van der Waals surface area contributed by atoms with Crippen molar-refractivity contribution in [3.05, 3.63) is 59.4 Å². The Morgan fingerprint density at radius 1 is 1.19 bits per heavy atom. The van der Waals surface area contributed by atoms with E-state index in [1.807, 2.05) is 30.3 Å². The van der Waals surface area contributed by atoms with Crippen LogP contribution in [0.3, 0.4) is 0 Å². The van der Waals surface area contributed by atoms with E-state index in [0.29, 0.717) is 13.1 Å². The third kappa shape index (κ3) is 2.95. The summed E-state index contributed by atoms with van der Waals surface area (Å²) >= 11 is 5.79. The van der Waals surface area contributed by atoms with Crippen molar-refractivity contribution < 1.29 is 8.42 Å². The fraction of sp³-hybridized carbons (Fsp3) is 0.267. The molecule has 2 aromatic rings. The van der Waals surface area contributed by atoms with Crippen molar-refractivity contribution >= 4 is 21.6 Å². The lowest BCUT2D eigenvalue weighted by atomic mass is 9.99. The summed E-state index contributed by atoms with van der Waals surface area (Å²) in [5.41, 5.74) is 1.18. The minimum absolute atomic E-state index is 0.190. The summed E-state index contributed by atoms with van der Waals surface area (Å²) in [7, 11) is -3.49. The molecule has 1 saturated heterocycles. The van der Waals surface area contributed by atoms with Gasteiger partial charge >= 0.3 is 0 Å². The number of rotatable bonds is 3. The topological polar surface area (TPSA) is 50.3 Å². The molecule has 1 aliphatic heterocycles. The van der Waals surface area contributed by atoms with Crippen LogP contribution < -0.4 is 0 Å². The van der Waals surface area contributed by atoms with E-state index >= 15 is 0 Å². The zero-order valence-corrected chi connectivity index (χ0v) is 12.9. The van der Waals surface area contributed by atoms with Gasteiger partial charge in [-0.1, -0.05) is 41.9 Å². The minimum Gasteiger partial charge on any atom is -0.244 e. The number of hydrogen-bond donors (Lipinski definition) is 0. The van der Waals surface area contributed by atoms with Gasteiger partial charge in [-0.3, -0.25) is 0 Å². The summed E-state index contributed by atoms with van der Waals surface area (Å²) in [5, 5.41) is 0.190. The highest BCUT2D eigenvalue weighted by Gasteiger charge is 2.33. The zero-order chi connectivity index (χ0) is 14.9. The van der Waals surface area contributed by atoms with Crippen LogP contribution in [0.15, 0.2) is 53.6 Å². The van der Waals surface area contributed by atoms with Crippen LogP contribution in [0.25, 0.3) is 0 Å². The smallest absolute Gasteiger partial charge is 0.243 e. The van der Waals surface area contributed by atoms with Gasteiger partial charge in [0.2, 0.25) is 10.0 Å². The second-order valence-electron chi connectivity index (χ2n) is 5.07. The molecule has 0 amide bonds. The normalized spacial score (nSPS) is 19.8. The van der Waals surface area contributed by atoms with Crippen LogP contribution >= 0.6 is 11.6 Å². The molecule has 6 heteroatoms. The first-order chi connectivity index (χ1) is 10.1. The van der Waals surface area contributed by atoms with E-state index in [1.54, 1.807) is 0 Å². The molecule has 0 saturated carbocycles. The maximum atomic E-state index is 12.6. The van der Waals surface area contributed by atoms with Gasteiger partial charge in [-0.2, -0.15) is 4.31 Å². The Bertz CT molecular complexity index is 734. The third-order valence-electron chi connectivity index (χ3n) is 3.76. The third-order valence-corrected chi connectivity index (χ3v) is 5.83. The zero-order valence-electron chi connectivity index (χ0n) is 11.3. The Labute approximate surface area is 129 Å². The molecule has 110 valence electrons. The molecule has 0 N–H and O–H groups in total. The molecule has 0 bridgehead atoms. The molecule has 4 nitrogen and oxygen atoms in total. The summed E-state index contributed by atoms with van der Waals surface area (Å²) in [6.45, 7) is 1.04. The van der Waals surface area contributed by atoms with E-state index in [1.165, 1.54) is 28.2 Å². The minimum atomic E-state index is -3.49. The fourth-order valence-electron chi connectivity index (χ4n) is 2.64. The van der Waals surface area contributed by atoms with Crippen molar-refractivity contribution in [1.29, 1.82) is 0 Å².